The van der Waals surface area contributed by atoms with Crippen molar-refractivity contribution < 1.29 is 4.39 Å². The van der Waals surface area contributed by atoms with Gasteiger partial charge in [0.25, 0.3) is 0 Å². The molecule has 0 aliphatic carbocycles. The lowest BCUT2D eigenvalue weighted by molar-refractivity contribution is 0.641. The summed E-state index contributed by atoms with van der Waals surface area (Å²) in [4.78, 5) is 4.57. The first-order valence-electron chi connectivity index (χ1n) is 7.10. The molecule has 0 radical (unpaired) electrons. The fraction of sp³-hybridized carbons (Fsp3) is 0. The van der Waals surface area contributed by atoms with Gasteiger partial charge in [0.15, 0.2) is 0 Å². The van der Waals surface area contributed by atoms with Gasteiger partial charge in [0, 0.05) is 27.1 Å². The van der Waals surface area contributed by atoms with E-state index in [1.54, 1.807) is 17.4 Å². The predicted octanol–water partition coefficient (Wildman–Crippen LogP) is 5.90. The normalized spacial score (nSPS) is 11.9. The maximum Gasteiger partial charge on any atom is 0.132 e. The van der Waals surface area contributed by atoms with Gasteiger partial charge in [-0.15, -0.1) is 11.3 Å². The third-order valence-electron chi connectivity index (χ3n) is 4.17. The highest BCUT2D eigenvalue weighted by atomic mass is 32.1. The minimum absolute atomic E-state index is 0.163. The van der Waals surface area contributed by atoms with Gasteiger partial charge in [-0.1, -0.05) is 36.4 Å². The van der Waals surface area contributed by atoms with E-state index < -0.39 is 0 Å². The first-order chi connectivity index (χ1) is 10.8. The standard InChI is InChI=1S/C19H10FNS/c20-13-6-3-7-15-18(13)19-16(22-15)10-21-14-9-8-11-4-1-2-5-12(11)17(14)19/h1-10H. The van der Waals surface area contributed by atoms with Gasteiger partial charge in [-0.2, -0.15) is 0 Å². The van der Waals surface area contributed by atoms with E-state index in [0.717, 1.165) is 36.5 Å². The molecule has 3 aromatic carbocycles. The lowest BCUT2D eigenvalue weighted by Crippen LogP contribution is -1.83. The van der Waals surface area contributed by atoms with Crippen LogP contribution >= 0.6 is 11.3 Å². The van der Waals surface area contributed by atoms with Crippen molar-refractivity contribution in [3.8, 4) is 0 Å². The molecule has 1 nitrogen and oxygen atoms in total. The van der Waals surface area contributed by atoms with Crippen LogP contribution < -0.4 is 0 Å². The van der Waals surface area contributed by atoms with Crippen LogP contribution in [0.5, 0.6) is 0 Å². The van der Waals surface area contributed by atoms with Gasteiger partial charge in [-0.05, 0) is 29.0 Å². The van der Waals surface area contributed by atoms with E-state index in [2.05, 4.69) is 23.2 Å². The molecule has 0 bridgehead atoms. The first kappa shape index (κ1) is 12.1. The topological polar surface area (TPSA) is 12.9 Å². The highest BCUT2D eigenvalue weighted by Crippen LogP contribution is 2.40. The second-order valence-electron chi connectivity index (χ2n) is 5.39. The molecule has 5 rings (SSSR count). The Balaban J connectivity index is 2.20. The van der Waals surface area contributed by atoms with E-state index in [9.17, 15) is 4.39 Å². The molecule has 0 aliphatic rings. The summed E-state index contributed by atoms with van der Waals surface area (Å²) in [6.45, 7) is 0. The molecule has 0 amide bonds. The van der Waals surface area contributed by atoms with Gasteiger partial charge in [0.05, 0.1) is 10.2 Å². The van der Waals surface area contributed by atoms with E-state index in [0.29, 0.717) is 5.39 Å². The maximum absolute atomic E-state index is 14.5. The zero-order chi connectivity index (χ0) is 14.7. The third kappa shape index (κ3) is 1.49. The van der Waals surface area contributed by atoms with Crippen molar-refractivity contribution in [1.29, 1.82) is 0 Å². The molecule has 22 heavy (non-hydrogen) atoms. The van der Waals surface area contributed by atoms with Gasteiger partial charge in [-0.3, -0.25) is 4.98 Å². The summed E-state index contributed by atoms with van der Waals surface area (Å²) in [7, 11) is 0. The van der Waals surface area contributed by atoms with Crippen molar-refractivity contribution in [1.82, 2.24) is 4.98 Å². The minimum atomic E-state index is -0.163. The Morgan fingerprint density at radius 3 is 2.64 bits per heavy atom. The van der Waals surface area contributed by atoms with Gasteiger partial charge >= 0.3 is 0 Å². The molecule has 0 spiro atoms. The maximum atomic E-state index is 14.5. The molecule has 0 unspecified atom stereocenters. The fourth-order valence-electron chi connectivity index (χ4n) is 3.22. The van der Waals surface area contributed by atoms with Crippen molar-refractivity contribution >= 4 is 53.2 Å². The second kappa shape index (κ2) is 4.24. The quantitative estimate of drug-likeness (QED) is 0.325. The van der Waals surface area contributed by atoms with Crippen molar-refractivity contribution in [2.45, 2.75) is 0 Å². The number of benzene rings is 3. The van der Waals surface area contributed by atoms with Gasteiger partial charge in [0.2, 0.25) is 0 Å². The van der Waals surface area contributed by atoms with Crippen molar-refractivity contribution in [2.24, 2.45) is 0 Å². The average molecular weight is 303 g/mol. The van der Waals surface area contributed by atoms with Gasteiger partial charge in [-0.25, -0.2) is 4.39 Å². The number of rotatable bonds is 0. The predicted molar refractivity (Wildman–Crippen MR) is 92.1 cm³/mol. The first-order valence-corrected chi connectivity index (χ1v) is 7.92. The Hall–Kier alpha value is -2.52. The molecular weight excluding hydrogens is 293 g/mol. The summed E-state index contributed by atoms with van der Waals surface area (Å²) < 4.78 is 16.5. The van der Waals surface area contributed by atoms with Gasteiger partial charge < -0.3 is 0 Å². The molecule has 2 aromatic heterocycles. The Morgan fingerprint density at radius 1 is 0.773 bits per heavy atom. The van der Waals surface area contributed by atoms with E-state index in [1.807, 2.05) is 30.5 Å². The number of hydrogen-bond donors (Lipinski definition) is 0. The molecule has 0 aliphatic heterocycles. The number of nitrogens with zero attached hydrogens (tertiary/aromatic N) is 1. The third-order valence-corrected chi connectivity index (χ3v) is 5.26. The van der Waals surface area contributed by atoms with Crippen molar-refractivity contribution in [3.63, 3.8) is 0 Å². The lowest BCUT2D eigenvalue weighted by Gasteiger charge is -2.05. The smallest absolute Gasteiger partial charge is 0.132 e. The van der Waals surface area contributed by atoms with Crippen LogP contribution in [0, 0.1) is 5.82 Å². The zero-order valence-electron chi connectivity index (χ0n) is 11.5. The monoisotopic (exact) mass is 303 g/mol. The second-order valence-corrected chi connectivity index (χ2v) is 6.48. The van der Waals surface area contributed by atoms with Crippen LogP contribution in [0.15, 0.2) is 60.8 Å². The number of halogens is 1. The van der Waals surface area contributed by atoms with Crippen LogP contribution in [0.25, 0.3) is 41.8 Å². The summed E-state index contributed by atoms with van der Waals surface area (Å²) >= 11 is 1.60. The lowest BCUT2D eigenvalue weighted by atomic mass is 10.0. The van der Waals surface area contributed by atoms with Crippen LogP contribution in [-0.4, -0.2) is 4.98 Å². The molecule has 0 atom stereocenters. The van der Waals surface area contributed by atoms with Crippen LogP contribution in [0.3, 0.4) is 0 Å². The highest BCUT2D eigenvalue weighted by molar-refractivity contribution is 7.26. The Bertz CT molecular complexity index is 1190. The zero-order valence-corrected chi connectivity index (χ0v) is 12.3. The number of aromatic nitrogens is 1. The highest BCUT2D eigenvalue weighted by Gasteiger charge is 2.14. The van der Waals surface area contributed by atoms with Crippen molar-refractivity contribution in [2.75, 3.05) is 0 Å². The largest absolute Gasteiger partial charge is 0.255 e. The van der Waals surface area contributed by atoms with Crippen LogP contribution in [-0.2, 0) is 0 Å². The molecule has 0 saturated carbocycles. The molecule has 104 valence electrons. The average Bonchev–Trinajstić information content (AvgIpc) is 2.94. The van der Waals surface area contributed by atoms with Gasteiger partial charge in [0.1, 0.15) is 5.82 Å². The summed E-state index contributed by atoms with van der Waals surface area (Å²) in [5.41, 5.74) is 0.911. The van der Waals surface area contributed by atoms with Crippen LogP contribution in [0.1, 0.15) is 0 Å². The molecule has 2 heterocycles. The molecule has 0 fully saturated rings. The van der Waals surface area contributed by atoms with Crippen LogP contribution in [0.4, 0.5) is 4.39 Å². The molecular formula is C19H10FNS. The minimum Gasteiger partial charge on any atom is -0.255 e. The number of hydrogen-bond acceptors (Lipinski definition) is 2. The van der Waals surface area contributed by atoms with Crippen molar-refractivity contribution in [3.05, 3.63) is 66.6 Å². The van der Waals surface area contributed by atoms with E-state index >= 15 is 0 Å². The van der Waals surface area contributed by atoms with E-state index in [4.69, 9.17) is 0 Å². The van der Waals surface area contributed by atoms with E-state index in [1.165, 1.54) is 6.07 Å². The molecule has 5 aromatic rings. The Kier molecular flexibility index (Phi) is 2.33. The summed E-state index contributed by atoms with van der Waals surface area (Å²) in [5, 5.41) is 5.03. The summed E-state index contributed by atoms with van der Waals surface area (Å²) in [6.07, 6.45) is 1.86. The molecule has 3 heteroatoms. The molecule has 0 saturated heterocycles. The summed E-state index contributed by atoms with van der Waals surface area (Å²) in [6, 6.07) is 17.6. The van der Waals surface area contributed by atoms with E-state index in [-0.39, 0.29) is 5.82 Å². The Labute approximate surface area is 129 Å². The Morgan fingerprint density at radius 2 is 1.68 bits per heavy atom. The van der Waals surface area contributed by atoms with Crippen LogP contribution in [0.2, 0.25) is 0 Å². The fourth-order valence-corrected chi connectivity index (χ4v) is 4.32. The summed E-state index contributed by atoms with van der Waals surface area (Å²) in [5.74, 6) is -0.163. The number of pyridine rings is 1. The molecule has 0 N–H and O–H groups in total. The SMILES string of the molecule is Fc1cccc2sc3cnc4ccc5ccccc5c4c3c12. The number of fused-ring (bicyclic) bond motifs is 7. The number of thiophene rings is 1.